The fraction of sp³-hybridized carbons (Fsp3) is 0.927. The van der Waals surface area contributed by atoms with Crippen LogP contribution >= 0.6 is 0 Å². The summed E-state index contributed by atoms with van der Waals surface area (Å²) in [5.41, 5.74) is 0.849. The van der Waals surface area contributed by atoms with Crippen LogP contribution in [0.4, 0.5) is 0 Å². The Bertz CT molecular complexity index is 1430. The number of carbonyl (C=O) groups excluding carboxylic acids is 1. The molecule has 8 rings (SSSR count). The second-order valence-corrected chi connectivity index (χ2v) is 18.9. The van der Waals surface area contributed by atoms with Gasteiger partial charge in [0, 0.05) is 31.1 Å². The minimum Gasteiger partial charge on any atom is -0.457 e. The van der Waals surface area contributed by atoms with Crippen LogP contribution in [0, 0.1) is 46.3 Å². The predicted molar refractivity (Wildman–Crippen MR) is 191 cm³/mol. The van der Waals surface area contributed by atoms with Crippen molar-refractivity contribution >= 4 is 5.97 Å². The molecular weight excluding hydrogens is 700 g/mol. The molecule has 0 radical (unpaired) electrons. The summed E-state index contributed by atoms with van der Waals surface area (Å²) in [6.07, 6.45) is -4.40. The number of carbonyl (C=O) groups is 1. The van der Waals surface area contributed by atoms with Gasteiger partial charge in [-0.1, -0.05) is 39.3 Å². The highest BCUT2D eigenvalue weighted by atomic mass is 16.8. The Morgan fingerprint density at radius 1 is 0.833 bits per heavy atom. The number of rotatable bonds is 5. The van der Waals surface area contributed by atoms with Crippen molar-refractivity contribution < 1.29 is 63.5 Å². The smallest absolute Gasteiger partial charge is 0.303 e. The third-order valence-electron chi connectivity index (χ3n) is 15.9. The monoisotopic (exact) mass is 764 g/mol. The standard InChI is InChI=1S/C41H64O13/c1-18-10-13-41(48-17-18)19(2)30-28(54-41)16-27-25-9-8-23-14-24(43)15-29(40(23,7)26(25)11-12-39(27,30)6)52-38-36(33(46)31(44)20(3)50-38)53-37-34(47)35(51-22(5)42)32(45)21(4)49-37/h8,18-21,24-38,43-47H,9-17H2,1-7H3/t18?,19-,20+,21-,24+,25+,26-,27-,28-,29+,30-,31-,32-,33-,34+,35+,36+,37-,38-,39-,40-,41+/m0/s1. The Morgan fingerprint density at radius 2 is 1.56 bits per heavy atom. The molecule has 13 nitrogen and oxygen atoms in total. The van der Waals surface area contributed by atoms with Crippen molar-refractivity contribution in [3.63, 3.8) is 0 Å². The van der Waals surface area contributed by atoms with Crippen LogP contribution in [0.25, 0.3) is 0 Å². The molecule has 8 aliphatic rings. The third kappa shape index (κ3) is 6.17. The van der Waals surface area contributed by atoms with Crippen molar-refractivity contribution in [3.05, 3.63) is 11.6 Å². The van der Waals surface area contributed by atoms with Crippen molar-refractivity contribution in [1.82, 2.24) is 0 Å². The molecule has 54 heavy (non-hydrogen) atoms. The molecule has 0 bridgehead atoms. The first-order valence-corrected chi connectivity index (χ1v) is 20.7. The van der Waals surface area contributed by atoms with Gasteiger partial charge in [-0.25, -0.2) is 0 Å². The predicted octanol–water partition coefficient (Wildman–Crippen LogP) is 2.96. The van der Waals surface area contributed by atoms with E-state index in [0.29, 0.717) is 42.4 Å². The van der Waals surface area contributed by atoms with Gasteiger partial charge in [0.15, 0.2) is 24.5 Å². The van der Waals surface area contributed by atoms with Gasteiger partial charge in [0.2, 0.25) is 0 Å². The lowest BCUT2D eigenvalue weighted by Crippen LogP contribution is -2.65. The van der Waals surface area contributed by atoms with Crippen LogP contribution in [0.3, 0.4) is 0 Å². The molecule has 4 saturated heterocycles. The van der Waals surface area contributed by atoms with E-state index >= 15 is 0 Å². The summed E-state index contributed by atoms with van der Waals surface area (Å²) in [5.74, 6) is 1.27. The lowest BCUT2D eigenvalue weighted by atomic mass is 9.46. The molecule has 0 aromatic heterocycles. The molecule has 0 aromatic carbocycles. The average molecular weight is 765 g/mol. The first kappa shape index (κ1) is 39.6. The third-order valence-corrected chi connectivity index (χ3v) is 15.9. The van der Waals surface area contributed by atoms with E-state index in [-0.39, 0.29) is 17.4 Å². The van der Waals surface area contributed by atoms with Gasteiger partial charge in [-0.15, -0.1) is 0 Å². The second-order valence-electron chi connectivity index (χ2n) is 18.9. The highest BCUT2D eigenvalue weighted by Crippen LogP contribution is 2.71. The van der Waals surface area contributed by atoms with Crippen molar-refractivity contribution in [2.24, 2.45) is 46.3 Å². The molecule has 1 spiro atoms. The van der Waals surface area contributed by atoms with E-state index in [1.54, 1.807) is 13.8 Å². The molecule has 4 aliphatic carbocycles. The SMILES string of the molecule is CC(=O)O[C@@H]1[C@@H](O)[C@H](C)O[C@@H](O[C@H]2[C@H](O[C@@H]3C[C@H](O)CC4=CC[C@H]5[C@@H]6C[C@@H]7O[C@]8(CCC(C)CO8)[C@@H](C)[C@@H]7[C@@]6(C)CC[C@@H]5[C@]43C)O[C@H](C)[C@H](O)[C@@H]2O)[C@@H]1O. The number of hydrogen-bond donors (Lipinski definition) is 5. The van der Waals surface area contributed by atoms with E-state index in [2.05, 4.69) is 33.8 Å². The topological polar surface area (TPSA) is 183 Å². The maximum atomic E-state index is 11.8. The van der Waals surface area contributed by atoms with Crippen LogP contribution in [-0.2, 0) is 38.0 Å². The molecule has 22 atom stereocenters. The molecular formula is C41H64O13. The van der Waals surface area contributed by atoms with E-state index in [1.165, 1.54) is 12.5 Å². The van der Waals surface area contributed by atoms with Gasteiger partial charge in [0.05, 0.1) is 37.1 Å². The van der Waals surface area contributed by atoms with E-state index in [1.807, 2.05) is 0 Å². The minimum absolute atomic E-state index is 0.115. The summed E-state index contributed by atoms with van der Waals surface area (Å²) in [6, 6.07) is 0. The van der Waals surface area contributed by atoms with Gasteiger partial charge >= 0.3 is 5.97 Å². The largest absolute Gasteiger partial charge is 0.457 e. The summed E-state index contributed by atoms with van der Waals surface area (Å²) in [7, 11) is 0. The minimum atomic E-state index is -1.61. The normalized spacial score (nSPS) is 57.0. The zero-order valence-electron chi connectivity index (χ0n) is 32.9. The fourth-order valence-electron chi connectivity index (χ4n) is 12.9. The summed E-state index contributed by atoms with van der Waals surface area (Å²) in [4.78, 5) is 11.8. The number of ether oxygens (including phenoxy) is 7. The van der Waals surface area contributed by atoms with Crippen LogP contribution < -0.4 is 0 Å². The lowest BCUT2D eigenvalue weighted by Gasteiger charge is -2.60. The first-order chi connectivity index (χ1) is 25.5. The molecule has 4 aliphatic heterocycles. The van der Waals surface area contributed by atoms with Crippen molar-refractivity contribution in [2.75, 3.05) is 6.61 Å². The van der Waals surface area contributed by atoms with Crippen LogP contribution in [0.1, 0.15) is 99.8 Å². The number of esters is 1. The molecule has 7 fully saturated rings. The van der Waals surface area contributed by atoms with E-state index in [0.717, 1.165) is 45.1 Å². The zero-order chi connectivity index (χ0) is 38.6. The highest BCUT2D eigenvalue weighted by Gasteiger charge is 2.69. The van der Waals surface area contributed by atoms with Crippen LogP contribution in [0.15, 0.2) is 11.6 Å². The van der Waals surface area contributed by atoms with Crippen molar-refractivity contribution in [3.8, 4) is 0 Å². The van der Waals surface area contributed by atoms with Crippen molar-refractivity contribution in [2.45, 2.75) is 185 Å². The number of hydrogen-bond acceptors (Lipinski definition) is 13. The molecule has 1 unspecified atom stereocenters. The number of aliphatic hydroxyl groups is 5. The Hall–Kier alpha value is -1.23. The Morgan fingerprint density at radius 3 is 2.26 bits per heavy atom. The molecule has 4 heterocycles. The number of fused-ring (bicyclic) bond motifs is 7. The molecule has 3 saturated carbocycles. The van der Waals surface area contributed by atoms with Gasteiger partial charge in [0.25, 0.3) is 0 Å². The highest BCUT2D eigenvalue weighted by molar-refractivity contribution is 5.66. The van der Waals surface area contributed by atoms with Gasteiger partial charge < -0.3 is 58.7 Å². The van der Waals surface area contributed by atoms with Crippen LogP contribution in [0.2, 0.25) is 0 Å². The summed E-state index contributed by atoms with van der Waals surface area (Å²) >= 11 is 0. The lowest BCUT2D eigenvalue weighted by molar-refractivity contribution is -0.371. The number of aliphatic hydroxyl groups excluding tert-OH is 5. The molecule has 5 N–H and O–H groups in total. The molecule has 13 heteroatoms. The van der Waals surface area contributed by atoms with Gasteiger partial charge in [-0.05, 0) is 87.4 Å². The number of allylic oxidation sites excluding steroid dienone is 1. The quantitative estimate of drug-likeness (QED) is 0.204. The van der Waals surface area contributed by atoms with Gasteiger partial charge in [-0.2, -0.15) is 0 Å². The first-order valence-electron chi connectivity index (χ1n) is 20.7. The summed E-state index contributed by atoms with van der Waals surface area (Å²) in [5, 5.41) is 55.4. The van der Waals surface area contributed by atoms with Gasteiger partial charge in [0.1, 0.15) is 30.5 Å². The second kappa shape index (κ2) is 14.2. The Balaban J connectivity index is 1.05. The molecule has 0 amide bonds. The van der Waals surface area contributed by atoms with Crippen LogP contribution in [0.5, 0.6) is 0 Å². The summed E-state index contributed by atoms with van der Waals surface area (Å²) in [6.45, 7) is 14.5. The maximum absolute atomic E-state index is 11.8. The Kier molecular flexibility index (Phi) is 10.4. The maximum Gasteiger partial charge on any atom is 0.303 e. The Labute approximate surface area is 319 Å². The van der Waals surface area contributed by atoms with Gasteiger partial charge in [-0.3, -0.25) is 4.79 Å². The molecule has 306 valence electrons. The van der Waals surface area contributed by atoms with Crippen molar-refractivity contribution in [1.29, 1.82) is 0 Å². The summed E-state index contributed by atoms with van der Waals surface area (Å²) < 4.78 is 43.9. The van der Waals surface area contributed by atoms with E-state index < -0.39 is 90.8 Å². The molecule has 0 aromatic rings. The van der Waals surface area contributed by atoms with E-state index in [4.69, 9.17) is 33.2 Å². The van der Waals surface area contributed by atoms with Crippen LogP contribution in [-0.4, -0.2) is 124 Å². The average Bonchev–Trinajstić information content (AvgIpc) is 3.56. The zero-order valence-corrected chi connectivity index (χ0v) is 32.9. The van der Waals surface area contributed by atoms with E-state index in [9.17, 15) is 30.3 Å². The fourth-order valence-corrected chi connectivity index (χ4v) is 12.9.